The quantitative estimate of drug-likeness (QED) is 0.839. The number of nitrogens with one attached hydrogen (secondary N) is 1. The molecule has 0 bridgehead atoms. The number of nitriles is 1. The van der Waals surface area contributed by atoms with Gasteiger partial charge in [-0.05, 0) is 31.5 Å². The Labute approximate surface area is 141 Å². The molecule has 1 N–H and O–H groups in total. The number of nitrogens with zero attached hydrogens (tertiary/aromatic N) is 2. The summed E-state index contributed by atoms with van der Waals surface area (Å²) in [6.07, 6.45) is 2.88. The van der Waals surface area contributed by atoms with E-state index < -0.39 is 5.54 Å². The van der Waals surface area contributed by atoms with E-state index in [4.69, 9.17) is 16.9 Å². The molecule has 0 heterocycles. The van der Waals surface area contributed by atoms with E-state index in [0.717, 1.165) is 18.4 Å². The van der Waals surface area contributed by atoms with Crippen molar-refractivity contribution in [2.24, 2.45) is 0 Å². The monoisotopic (exact) mass is 333 g/mol. The molecule has 1 aliphatic carbocycles. The lowest BCUT2D eigenvalue weighted by Gasteiger charge is -2.43. The molecule has 0 spiro atoms. The zero-order valence-corrected chi connectivity index (χ0v) is 13.9. The van der Waals surface area contributed by atoms with Crippen LogP contribution in [0.15, 0.2) is 24.3 Å². The molecule has 1 unspecified atom stereocenters. The number of hydrogen-bond acceptors (Lipinski definition) is 4. The molecule has 0 aliphatic heterocycles. The average molecular weight is 334 g/mol. The summed E-state index contributed by atoms with van der Waals surface area (Å²) < 4.78 is 0. The van der Waals surface area contributed by atoms with Crippen molar-refractivity contribution in [1.29, 1.82) is 5.26 Å². The number of ketones is 1. The van der Waals surface area contributed by atoms with Crippen LogP contribution in [-0.2, 0) is 15.1 Å². The fourth-order valence-corrected chi connectivity index (χ4v) is 3.54. The van der Waals surface area contributed by atoms with E-state index in [0.29, 0.717) is 17.9 Å². The van der Waals surface area contributed by atoms with Gasteiger partial charge in [-0.1, -0.05) is 36.2 Å². The van der Waals surface area contributed by atoms with Crippen molar-refractivity contribution >= 4 is 23.3 Å². The highest BCUT2D eigenvalue weighted by atomic mass is 35.5. The highest BCUT2D eigenvalue weighted by Gasteiger charge is 2.46. The van der Waals surface area contributed by atoms with Crippen molar-refractivity contribution in [2.45, 2.75) is 31.2 Å². The van der Waals surface area contributed by atoms with Gasteiger partial charge in [0.1, 0.15) is 12.1 Å². The van der Waals surface area contributed by atoms with E-state index >= 15 is 0 Å². The first-order valence-electron chi connectivity index (χ1n) is 7.65. The van der Waals surface area contributed by atoms with Gasteiger partial charge in [-0.25, -0.2) is 0 Å². The first kappa shape index (κ1) is 17.5. The predicted molar refractivity (Wildman–Crippen MR) is 87.9 cm³/mol. The van der Waals surface area contributed by atoms with Crippen LogP contribution in [0.5, 0.6) is 0 Å². The number of rotatable bonds is 5. The molecule has 122 valence electrons. The number of benzene rings is 1. The third-order valence-corrected chi connectivity index (χ3v) is 4.70. The molecular weight excluding hydrogens is 314 g/mol. The molecule has 6 heteroatoms. The average Bonchev–Trinajstić information content (AvgIpc) is 2.54. The Bertz CT molecular complexity index is 641. The maximum Gasteiger partial charge on any atom is 0.235 e. The summed E-state index contributed by atoms with van der Waals surface area (Å²) in [6, 6.07) is 9.18. The molecule has 0 saturated heterocycles. The number of halogens is 1. The van der Waals surface area contributed by atoms with Crippen molar-refractivity contribution in [3.8, 4) is 6.07 Å². The number of amides is 1. The molecule has 5 nitrogen and oxygen atoms in total. The van der Waals surface area contributed by atoms with Crippen LogP contribution < -0.4 is 5.32 Å². The van der Waals surface area contributed by atoms with Gasteiger partial charge in [-0.3, -0.25) is 14.5 Å². The second-order valence-electron chi connectivity index (χ2n) is 5.76. The van der Waals surface area contributed by atoms with Crippen molar-refractivity contribution in [3.63, 3.8) is 0 Å². The summed E-state index contributed by atoms with van der Waals surface area (Å²) >= 11 is 6.35. The van der Waals surface area contributed by atoms with E-state index in [-0.39, 0.29) is 24.8 Å². The fourth-order valence-electron chi connectivity index (χ4n) is 3.25. The van der Waals surface area contributed by atoms with Gasteiger partial charge in [0.15, 0.2) is 5.78 Å². The van der Waals surface area contributed by atoms with Crippen LogP contribution in [0.25, 0.3) is 0 Å². The van der Waals surface area contributed by atoms with Gasteiger partial charge >= 0.3 is 0 Å². The van der Waals surface area contributed by atoms with E-state index in [1.54, 1.807) is 18.0 Å². The molecular formula is C17H20ClN3O2. The zero-order chi connectivity index (χ0) is 16.9. The van der Waals surface area contributed by atoms with Crippen LogP contribution in [0.4, 0.5) is 0 Å². The molecule has 1 aromatic carbocycles. The number of carbonyl (C=O) groups is 2. The molecule has 1 saturated carbocycles. The minimum absolute atomic E-state index is 0.0403. The van der Waals surface area contributed by atoms with E-state index in [9.17, 15) is 9.59 Å². The molecule has 0 aromatic heterocycles. The lowest BCUT2D eigenvalue weighted by atomic mass is 9.74. The zero-order valence-electron chi connectivity index (χ0n) is 13.1. The van der Waals surface area contributed by atoms with Crippen molar-refractivity contribution in [1.82, 2.24) is 10.2 Å². The van der Waals surface area contributed by atoms with Gasteiger partial charge < -0.3 is 5.32 Å². The molecule has 2 rings (SSSR count). The first-order valence-corrected chi connectivity index (χ1v) is 8.03. The maximum absolute atomic E-state index is 12.8. The maximum atomic E-state index is 12.8. The number of carbonyl (C=O) groups excluding carboxylic acids is 2. The van der Waals surface area contributed by atoms with Crippen molar-refractivity contribution in [2.75, 3.05) is 20.1 Å². The number of hydrogen-bond donors (Lipinski definition) is 1. The Balaban J connectivity index is 2.35. The van der Waals surface area contributed by atoms with Gasteiger partial charge in [0.2, 0.25) is 5.91 Å². The molecule has 1 aromatic rings. The molecule has 23 heavy (non-hydrogen) atoms. The molecule has 1 atom stereocenters. The smallest absolute Gasteiger partial charge is 0.235 e. The Morgan fingerprint density at radius 2 is 2.17 bits per heavy atom. The van der Waals surface area contributed by atoms with E-state index in [2.05, 4.69) is 5.32 Å². The summed E-state index contributed by atoms with van der Waals surface area (Å²) in [5.74, 6) is -0.189. The largest absolute Gasteiger partial charge is 0.342 e. The summed E-state index contributed by atoms with van der Waals surface area (Å²) in [4.78, 5) is 26.6. The highest BCUT2D eigenvalue weighted by molar-refractivity contribution is 6.31. The lowest BCUT2D eigenvalue weighted by Crippen LogP contribution is -2.54. The first-order chi connectivity index (χ1) is 11.0. The van der Waals surface area contributed by atoms with Gasteiger partial charge in [-0.2, -0.15) is 5.26 Å². The minimum atomic E-state index is -0.874. The van der Waals surface area contributed by atoms with Gasteiger partial charge in [0.05, 0.1) is 12.6 Å². The van der Waals surface area contributed by atoms with E-state index in [1.165, 1.54) is 0 Å². The fraction of sp³-hybridized carbons (Fsp3) is 0.471. The predicted octanol–water partition coefficient (Wildman–Crippen LogP) is 2.25. The Hall–Kier alpha value is -1.90. The van der Waals surface area contributed by atoms with Crippen LogP contribution in [0.1, 0.15) is 31.2 Å². The molecule has 0 radical (unpaired) electrons. The van der Waals surface area contributed by atoms with Crippen molar-refractivity contribution in [3.05, 3.63) is 34.9 Å². The third-order valence-electron chi connectivity index (χ3n) is 4.37. The SMILES string of the molecule is CN(CC(=O)NCC#N)C1(c2ccccc2Cl)CCCCC1=O. The summed E-state index contributed by atoms with van der Waals surface area (Å²) in [5.41, 5.74) is -0.123. The van der Waals surface area contributed by atoms with Crippen LogP contribution in [0.2, 0.25) is 5.02 Å². The third kappa shape index (κ3) is 3.54. The number of likely N-dealkylation sites (N-methyl/N-ethyl adjacent to an activating group) is 1. The summed E-state index contributed by atoms with van der Waals surface area (Å²) in [5, 5.41) is 11.6. The van der Waals surface area contributed by atoms with Crippen LogP contribution >= 0.6 is 11.6 Å². The standard InChI is InChI=1S/C17H20ClN3O2/c1-21(12-16(23)20-11-10-19)17(9-5-4-8-15(17)22)13-6-2-3-7-14(13)18/h2-3,6-7H,4-5,8-9,11-12H2,1H3,(H,20,23). The topological polar surface area (TPSA) is 73.2 Å². The van der Waals surface area contributed by atoms with Crippen LogP contribution in [0, 0.1) is 11.3 Å². The molecule has 1 fully saturated rings. The second-order valence-corrected chi connectivity index (χ2v) is 6.17. The minimum Gasteiger partial charge on any atom is -0.342 e. The Morgan fingerprint density at radius 3 is 2.83 bits per heavy atom. The van der Waals surface area contributed by atoms with Crippen LogP contribution in [-0.4, -0.2) is 36.7 Å². The van der Waals surface area contributed by atoms with Gasteiger partial charge in [-0.15, -0.1) is 0 Å². The van der Waals surface area contributed by atoms with Gasteiger partial charge in [0, 0.05) is 11.4 Å². The van der Waals surface area contributed by atoms with Crippen molar-refractivity contribution < 1.29 is 9.59 Å². The molecule has 1 amide bonds. The normalized spacial score (nSPS) is 21.0. The van der Waals surface area contributed by atoms with Crippen LogP contribution in [0.3, 0.4) is 0 Å². The van der Waals surface area contributed by atoms with E-state index in [1.807, 2.05) is 24.3 Å². The Morgan fingerprint density at radius 1 is 1.43 bits per heavy atom. The lowest BCUT2D eigenvalue weighted by molar-refractivity contribution is -0.136. The van der Waals surface area contributed by atoms with Gasteiger partial charge in [0.25, 0.3) is 0 Å². The molecule has 1 aliphatic rings. The Kier molecular flexibility index (Phi) is 5.75. The summed E-state index contributed by atoms with van der Waals surface area (Å²) in [6.45, 7) is -0.00163. The summed E-state index contributed by atoms with van der Waals surface area (Å²) in [7, 11) is 1.76. The number of Topliss-reactive ketones (excluding diaryl/α,β-unsaturated/α-hetero) is 1. The highest BCUT2D eigenvalue weighted by Crippen LogP contribution is 2.41. The second kappa shape index (κ2) is 7.58.